The monoisotopic (exact) mass is 1560 g/mol. The first-order chi connectivity index (χ1) is 51.7. The number of aliphatic hydroxyl groups is 1. The molecular formula is C88H172O17P2. The van der Waals surface area contributed by atoms with Crippen molar-refractivity contribution in [3.05, 3.63) is 0 Å². The molecule has 3 N–H and O–H groups in total. The van der Waals surface area contributed by atoms with Crippen molar-refractivity contribution in [3.63, 3.8) is 0 Å². The summed E-state index contributed by atoms with van der Waals surface area (Å²) in [5, 5.41) is 10.7. The van der Waals surface area contributed by atoms with Gasteiger partial charge in [0.25, 0.3) is 0 Å². The Morgan fingerprint density at radius 3 is 0.636 bits per heavy atom. The van der Waals surface area contributed by atoms with Gasteiger partial charge in [-0.2, -0.15) is 0 Å². The maximum absolute atomic E-state index is 13.2. The lowest BCUT2D eigenvalue weighted by Gasteiger charge is -2.21. The normalized spacial score (nSPS) is 13.8. The van der Waals surface area contributed by atoms with Crippen LogP contribution in [0.15, 0.2) is 0 Å². The average Bonchev–Trinajstić information content (AvgIpc) is 0.922. The van der Waals surface area contributed by atoms with Gasteiger partial charge in [0.2, 0.25) is 0 Å². The summed E-state index contributed by atoms with van der Waals surface area (Å²) in [5.41, 5.74) is 0. The third-order valence-corrected chi connectivity index (χ3v) is 22.5. The van der Waals surface area contributed by atoms with Crippen molar-refractivity contribution in [1.29, 1.82) is 0 Å². The number of phosphoric acid groups is 2. The lowest BCUT2D eigenvalue weighted by atomic mass is 10.0. The maximum Gasteiger partial charge on any atom is 0.472 e. The minimum Gasteiger partial charge on any atom is -0.462 e. The van der Waals surface area contributed by atoms with Crippen molar-refractivity contribution >= 4 is 39.5 Å². The van der Waals surface area contributed by atoms with Crippen molar-refractivity contribution in [3.8, 4) is 0 Å². The number of aliphatic hydroxyl groups excluding tert-OH is 1. The Morgan fingerprint density at radius 2 is 0.430 bits per heavy atom. The molecule has 0 saturated heterocycles. The number of hydrogen-bond donors (Lipinski definition) is 3. The molecule has 0 aliphatic carbocycles. The summed E-state index contributed by atoms with van der Waals surface area (Å²) in [5.74, 6) is 0.313. The van der Waals surface area contributed by atoms with Gasteiger partial charge in [-0.1, -0.05) is 414 Å². The van der Waals surface area contributed by atoms with Gasteiger partial charge in [0.15, 0.2) is 12.2 Å². The highest BCUT2D eigenvalue weighted by molar-refractivity contribution is 7.47. The largest absolute Gasteiger partial charge is 0.472 e. The smallest absolute Gasteiger partial charge is 0.462 e. The van der Waals surface area contributed by atoms with Crippen LogP contribution in [0.1, 0.15) is 466 Å². The summed E-state index contributed by atoms with van der Waals surface area (Å²) in [6.07, 6.45) is 69.3. The lowest BCUT2D eigenvalue weighted by Crippen LogP contribution is -2.30. The van der Waals surface area contributed by atoms with E-state index >= 15 is 0 Å². The predicted molar refractivity (Wildman–Crippen MR) is 441 cm³/mol. The van der Waals surface area contributed by atoms with Crippen LogP contribution < -0.4 is 0 Å². The molecule has 2 unspecified atom stereocenters. The van der Waals surface area contributed by atoms with Crippen molar-refractivity contribution in [2.75, 3.05) is 39.6 Å². The summed E-state index contributed by atoms with van der Waals surface area (Å²) in [4.78, 5) is 73.4. The van der Waals surface area contributed by atoms with E-state index in [1.807, 2.05) is 0 Å². The van der Waals surface area contributed by atoms with Gasteiger partial charge in [-0.25, -0.2) is 9.13 Å². The second-order valence-corrected chi connectivity index (χ2v) is 36.0. The van der Waals surface area contributed by atoms with Gasteiger partial charge in [-0.05, 0) is 43.4 Å². The molecule has 0 fully saturated rings. The number of esters is 4. The number of phosphoric ester groups is 2. The topological polar surface area (TPSA) is 237 Å². The van der Waals surface area contributed by atoms with Gasteiger partial charge in [-0.15, -0.1) is 0 Å². The lowest BCUT2D eigenvalue weighted by molar-refractivity contribution is -0.161. The highest BCUT2D eigenvalue weighted by Crippen LogP contribution is 2.45. The Bertz CT molecular complexity index is 2060. The van der Waals surface area contributed by atoms with Gasteiger partial charge >= 0.3 is 39.5 Å². The molecule has 107 heavy (non-hydrogen) atoms. The summed E-state index contributed by atoms with van der Waals surface area (Å²) in [6.45, 7) is 12.1. The van der Waals surface area contributed by atoms with Crippen molar-refractivity contribution in [1.82, 2.24) is 0 Å². The highest BCUT2D eigenvalue weighted by Gasteiger charge is 2.31. The van der Waals surface area contributed by atoms with E-state index < -0.39 is 97.5 Å². The van der Waals surface area contributed by atoms with E-state index in [0.717, 1.165) is 108 Å². The summed E-state index contributed by atoms with van der Waals surface area (Å²) >= 11 is 0. The van der Waals surface area contributed by atoms with Crippen molar-refractivity contribution in [2.24, 2.45) is 17.8 Å². The molecule has 0 aliphatic rings. The predicted octanol–water partition coefficient (Wildman–Crippen LogP) is 26.9. The Balaban J connectivity index is 5.27. The minimum absolute atomic E-state index is 0.108. The molecule has 0 bridgehead atoms. The molecule has 17 nitrogen and oxygen atoms in total. The number of ether oxygens (including phenoxy) is 4. The van der Waals surface area contributed by atoms with Crippen LogP contribution in [0.3, 0.4) is 0 Å². The first-order valence-corrected chi connectivity index (χ1v) is 48.3. The summed E-state index contributed by atoms with van der Waals surface area (Å²) in [7, 11) is -9.93. The molecule has 0 rings (SSSR count). The second-order valence-electron chi connectivity index (χ2n) is 33.1. The first-order valence-electron chi connectivity index (χ1n) is 45.3. The minimum atomic E-state index is -4.97. The van der Waals surface area contributed by atoms with Crippen LogP contribution in [-0.4, -0.2) is 96.7 Å². The molecule has 0 aliphatic heterocycles. The molecule has 0 aromatic carbocycles. The fourth-order valence-corrected chi connectivity index (χ4v) is 15.3. The molecular weight excluding hydrogens is 1390 g/mol. The number of unbranched alkanes of at least 4 members (excludes halogenated alkanes) is 54. The van der Waals surface area contributed by atoms with E-state index in [2.05, 4.69) is 48.5 Å². The Labute approximate surface area is 658 Å². The molecule has 0 spiro atoms. The van der Waals surface area contributed by atoms with Crippen LogP contribution in [0, 0.1) is 17.8 Å². The van der Waals surface area contributed by atoms with Gasteiger partial charge in [-0.3, -0.25) is 37.3 Å². The maximum atomic E-state index is 13.2. The third-order valence-electron chi connectivity index (χ3n) is 20.6. The molecule has 0 heterocycles. The van der Waals surface area contributed by atoms with Crippen molar-refractivity contribution < 1.29 is 80.2 Å². The molecule has 19 heteroatoms. The van der Waals surface area contributed by atoms with Crippen LogP contribution in [0.2, 0.25) is 0 Å². The van der Waals surface area contributed by atoms with E-state index in [9.17, 15) is 43.2 Å². The quantitative estimate of drug-likeness (QED) is 0.0222. The SMILES string of the molecule is CCCCCCCCCCCCCCCC(=O)OC[C@H](COP(=O)(O)OC[C@H](O)COP(=O)(O)OC[C@@H](COC(=O)CCCCCCCCCCCCCCCCCC(C)C)OC(=O)CCCCCCCCCCCCCCCCCC(C)C)OC(=O)CCCCCCCCCCCCCCCCCC(C)C. The van der Waals surface area contributed by atoms with E-state index in [4.69, 9.17) is 37.0 Å². The van der Waals surface area contributed by atoms with E-state index in [1.54, 1.807) is 0 Å². The van der Waals surface area contributed by atoms with Crippen LogP contribution in [0.5, 0.6) is 0 Å². The fraction of sp³-hybridized carbons (Fsp3) is 0.955. The standard InChI is InChI=1S/C88H172O17P2/c1-8-9-10-11-12-13-14-24-34-41-48-55-62-69-85(90)98-75-83(104-87(92)71-64-57-50-43-36-29-22-16-19-26-32-39-46-53-60-67-80(4)5)77-102-106(94,95)100-73-82(89)74-101-107(96,97)103-78-84(105-88(93)72-65-58-51-44-37-30-23-17-20-27-33-40-47-54-61-68-81(6)7)76-99-86(91)70-63-56-49-42-35-28-21-15-18-25-31-38-45-52-59-66-79(2)3/h79-84,89H,8-78H2,1-7H3,(H,94,95)(H,96,97)/t82-,83+,84+/m0/s1. The molecule has 5 atom stereocenters. The molecule has 0 saturated carbocycles. The second kappa shape index (κ2) is 78.0. The summed E-state index contributed by atoms with van der Waals surface area (Å²) < 4.78 is 69.0. The zero-order valence-electron chi connectivity index (χ0n) is 70.6. The van der Waals surface area contributed by atoms with Gasteiger partial charge < -0.3 is 33.8 Å². The van der Waals surface area contributed by atoms with Gasteiger partial charge in [0, 0.05) is 25.7 Å². The average molecular weight is 1560 g/mol. The van der Waals surface area contributed by atoms with Gasteiger partial charge in [0.05, 0.1) is 26.4 Å². The van der Waals surface area contributed by atoms with E-state index in [-0.39, 0.29) is 25.7 Å². The molecule has 0 aromatic rings. The molecule has 636 valence electrons. The Morgan fingerprint density at radius 1 is 0.252 bits per heavy atom. The van der Waals surface area contributed by atoms with Crippen LogP contribution in [-0.2, 0) is 65.4 Å². The van der Waals surface area contributed by atoms with Gasteiger partial charge in [0.1, 0.15) is 19.3 Å². The zero-order valence-corrected chi connectivity index (χ0v) is 72.4. The molecule has 0 aromatic heterocycles. The van der Waals surface area contributed by atoms with Crippen LogP contribution in [0.25, 0.3) is 0 Å². The zero-order chi connectivity index (χ0) is 78.6. The van der Waals surface area contributed by atoms with Crippen LogP contribution in [0.4, 0.5) is 0 Å². The third kappa shape index (κ3) is 81.9. The van der Waals surface area contributed by atoms with Crippen LogP contribution >= 0.6 is 15.6 Å². The fourth-order valence-electron chi connectivity index (χ4n) is 13.7. The molecule has 0 radical (unpaired) electrons. The Kier molecular flexibility index (Phi) is 76.6. The highest BCUT2D eigenvalue weighted by atomic mass is 31.2. The number of carbonyl (C=O) groups excluding carboxylic acids is 4. The number of carbonyl (C=O) groups is 4. The number of hydrogen-bond acceptors (Lipinski definition) is 15. The molecule has 0 amide bonds. The van der Waals surface area contributed by atoms with E-state index in [0.29, 0.717) is 25.7 Å². The van der Waals surface area contributed by atoms with E-state index in [1.165, 1.54) is 276 Å². The number of rotatable bonds is 86. The summed E-state index contributed by atoms with van der Waals surface area (Å²) in [6, 6.07) is 0. The first kappa shape index (κ1) is 105. The van der Waals surface area contributed by atoms with Crippen molar-refractivity contribution in [2.45, 2.75) is 484 Å². The Hall–Kier alpha value is -1.94.